The summed E-state index contributed by atoms with van der Waals surface area (Å²) in [6, 6.07) is 12.2. The van der Waals surface area contributed by atoms with E-state index >= 15 is 0 Å². The fourth-order valence-electron chi connectivity index (χ4n) is 3.64. The van der Waals surface area contributed by atoms with E-state index in [1.165, 1.54) is 37.3 Å². The molecular weight excluding hydrogens is 503 g/mol. The number of rotatable bonds is 8. The van der Waals surface area contributed by atoms with Crippen molar-refractivity contribution in [1.82, 2.24) is 29.8 Å². The molecule has 0 fully saturated rings. The molecule has 0 radical (unpaired) electrons. The number of hydrogen-bond donors (Lipinski definition) is 3. The quantitative estimate of drug-likeness (QED) is 0.315. The van der Waals surface area contributed by atoms with Gasteiger partial charge in [-0.3, -0.25) is 14.6 Å². The summed E-state index contributed by atoms with van der Waals surface area (Å²) in [5.41, 5.74) is 1.77. The predicted molar refractivity (Wildman–Crippen MR) is 142 cm³/mol. The number of amides is 2. The zero-order valence-corrected chi connectivity index (χ0v) is 21.8. The summed E-state index contributed by atoms with van der Waals surface area (Å²) in [7, 11) is 3.25. The van der Waals surface area contributed by atoms with Crippen LogP contribution in [-0.4, -0.2) is 73.8 Å². The molecule has 39 heavy (non-hydrogen) atoms. The summed E-state index contributed by atoms with van der Waals surface area (Å²) in [4.78, 5) is 35.3. The Hall–Kier alpha value is -4.89. The van der Waals surface area contributed by atoms with Gasteiger partial charge in [-0.15, -0.1) is 0 Å². The van der Waals surface area contributed by atoms with Crippen molar-refractivity contribution in [3.05, 3.63) is 71.8 Å². The highest BCUT2D eigenvalue weighted by atomic mass is 19.1. The third kappa shape index (κ3) is 6.00. The van der Waals surface area contributed by atoms with E-state index in [4.69, 9.17) is 5.26 Å². The zero-order valence-electron chi connectivity index (χ0n) is 21.8. The number of anilines is 2. The lowest BCUT2D eigenvalue weighted by molar-refractivity contribution is -0.00177. The monoisotopic (exact) mass is 530 g/mol. The molecule has 0 saturated heterocycles. The van der Waals surface area contributed by atoms with Crippen LogP contribution in [0.4, 0.5) is 15.8 Å². The molecule has 4 aromatic heterocycles. The first-order chi connectivity index (χ1) is 18.5. The van der Waals surface area contributed by atoms with Gasteiger partial charge in [-0.05, 0) is 50.2 Å². The van der Waals surface area contributed by atoms with Crippen LogP contribution < -0.4 is 10.6 Å². The second-order valence-corrected chi connectivity index (χ2v) is 9.61. The first kappa shape index (κ1) is 27.2. The molecule has 4 aromatic rings. The van der Waals surface area contributed by atoms with Crippen molar-refractivity contribution in [2.24, 2.45) is 0 Å². The number of aromatic nitrogens is 4. The van der Waals surface area contributed by atoms with Gasteiger partial charge in [-0.2, -0.15) is 10.4 Å². The number of alkyl halides is 1. The number of nitrogens with zero attached hydrogens (tertiary/aromatic N) is 6. The average Bonchev–Trinajstić information content (AvgIpc) is 3.34. The van der Waals surface area contributed by atoms with Crippen molar-refractivity contribution < 1.29 is 19.1 Å². The molecule has 0 saturated carbocycles. The highest BCUT2D eigenvalue weighted by Gasteiger charge is 2.27. The van der Waals surface area contributed by atoms with Gasteiger partial charge in [0.25, 0.3) is 11.8 Å². The lowest BCUT2D eigenvalue weighted by Crippen LogP contribution is -2.42. The number of aliphatic hydroxyl groups is 1. The van der Waals surface area contributed by atoms with E-state index in [1.54, 1.807) is 55.0 Å². The van der Waals surface area contributed by atoms with E-state index in [0.717, 1.165) is 0 Å². The Bertz CT molecular complexity index is 1570. The maximum absolute atomic E-state index is 14.3. The number of pyridine rings is 2. The van der Waals surface area contributed by atoms with Gasteiger partial charge in [0.15, 0.2) is 0 Å². The van der Waals surface area contributed by atoms with Crippen LogP contribution in [0.25, 0.3) is 16.9 Å². The third-order valence-corrected chi connectivity index (χ3v) is 5.92. The molecule has 3 N–H and O–H groups in total. The zero-order chi connectivity index (χ0) is 28.3. The van der Waals surface area contributed by atoms with E-state index in [9.17, 15) is 19.1 Å². The Labute approximate surface area is 223 Å². The van der Waals surface area contributed by atoms with E-state index in [2.05, 4.69) is 31.8 Å². The Morgan fingerprint density at radius 2 is 1.92 bits per heavy atom. The van der Waals surface area contributed by atoms with Crippen molar-refractivity contribution in [1.29, 1.82) is 5.26 Å². The van der Waals surface area contributed by atoms with Gasteiger partial charge in [0.2, 0.25) is 0 Å². The average molecular weight is 531 g/mol. The van der Waals surface area contributed by atoms with Crippen LogP contribution in [-0.2, 0) is 0 Å². The number of fused-ring (bicyclic) bond motifs is 1. The molecule has 12 heteroatoms. The molecule has 2 amide bonds. The smallest absolute Gasteiger partial charge is 0.271 e. The first-order valence-corrected chi connectivity index (χ1v) is 12.0. The van der Waals surface area contributed by atoms with E-state index < -0.39 is 24.2 Å². The topological polar surface area (TPSA) is 149 Å². The van der Waals surface area contributed by atoms with Crippen molar-refractivity contribution in [2.45, 2.75) is 25.6 Å². The maximum atomic E-state index is 14.3. The van der Waals surface area contributed by atoms with Crippen LogP contribution in [0.1, 0.15) is 40.3 Å². The van der Waals surface area contributed by atoms with Gasteiger partial charge in [-0.25, -0.2) is 13.9 Å². The number of hydrogen-bond acceptors (Lipinski definition) is 8. The van der Waals surface area contributed by atoms with Crippen LogP contribution in [0.2, 0.25) is 0 Å². The molecule has 11 nitrogen and oxygen atoms in total. The van der Waals surface area contributed by atoms with Gasteiger partial charge < -0.3 is 20.6 Å². The summed E-state index contributed by atoms with van der Waals surface area (Å²) in [5.74, 6) is -0.861. The standard InChI is InChI=1S/C27H27FN8O3/c1-27(2,39)24(28)15-32-25(37)19-14-31-22(23-8-6-18-9-16(11-29)12-33-36(18)23)10-21(19)34-17-5-7-20(30-13-17)26(38)35(3)4/h5-10,12-14,24,39H,15H2,1-4H3,(H,31,34)(H,32,37). The summed E-state index contributed by atoms with van der Waals surface area (Å²) in [5, 5.41) is 29.0. The lowest BCUT2D eigenvalue weighted by atomic mass is 10.0. The fourth-order valence-corrected chi connectivity index (χ4v) is 3.64. The van der Waals surface area contributed by atoms with Gasteiger partial charge in [0.05, 0.1) is 63.9 Å². The normalized spacial score (nSPS) is 12.0. The van der Waals surface area contributed by atoms with Crippen molar-refractivity contribution in [3.8, 4) is 17.5 Å². The summed E-state index contributed by atoms with van der Waals surface area (Å²) in [6.07, 6.45) is 2.57. The Balaban J connectivity index is 1.70. The molecule has 0 spiro atoms. The van der Waals surface area contributed by atoms with Crippen molar-refractivity contribution >= 4 is 28.7 Å². The highest BCUT2D eigenvalue weighted by molar-refractivity contribution is 6.00. The second kappa shape index (κ2) is 10.8. The molecule has 4 heterocycles. The molecule has 200 valence electrons. The fraction of sp³-hybridized carbons (Fsp3) is 0.259. The number of nitriles is 1. The van der Waals surface area contributed by atoms with Crippen LogP contribution in [0.5, 0.6) is 0 Å². The van der Waals surface area contributed by atoms with Gasteiger partial charge in [0, 0.05) is 20.3 Å². The van der Waals surface area contributed by atoms with Crippen LogP contribution in [0.3, 0.4) is 0 Å². The lowest BCUT2D eigenvalue weighted by Gasteiger charge is -2.22. The molecule has 0 aliphatic rings. The number of carbonyl (C=O) groups is 2. The molecule has 0 aromatic carbocycles. The summed E-state index contributed by atoms with van der Waals surface area (Å²) in [6.45, 7) is 2.24. The van der Waals surface area contributed by atoms with Gasteiger partial charge in [-0.1, -0.05) is 0 Å². The predicted octanol–water partition coefficient (Wildman–Crippen LogP) is 2.95. The van der Waals surface area contributed by atoms with E-state index in [-0.39, 0.29) is 17.2 Å². The van der Waals surface area contributed by atoms with E-state index in [1.807, 2.05) is 0 Å². The minimum atomic E-state index is -1.69. The number of nitrogens with one attached hydrogen (secondary N) is 2. The minimum Gasteiger partial charge on any atom is -0.387 e. The maximum Gasteiger partial charge on any atom is 0.271 e. The Morgan fingerprint density at radius 3 is 2.56 bits per heavy atom. The van der Waals surface area contributed by atoms with Crippen LogP contribution >= 0.6 is 0 Å². The largest absolute Gasteiger partial charge is 0.387 e. The van der Waals surface area contributed by atoms with E-state index in [0.29, 0.717) is 33.8 Å². The molecule has 4 rings (SSSR count). The third-order valence-electron chi connectivity index (χ3n) is 5.92. The Morgan fingerprint density at radius 1 is 1.15 bits per heavy atom. The molecule has 1 atom stereocenters. The number of carbonyl (C=O) groups excluding carboxylic acids is 2. The number of halogens is 1. The molecule has 1 unspecified atom stereocenters. The van der Waals surface area contributed by atoms with Crippen molar-refractivity contribution in [2.75, 3.05) is 26.0 Å². The summed E-state index contributed by atoms with van der Waals surface area (Å²) >= 11 is 0. The SMILES string of the molecule is CN(C)C(=O)c1ccc(Nc2cc(-c3ccc4cc(C#N)cnn34)ncc2C(=O)NCC(F)C(C)(C)O)cn1. The molecular formula is C27H27FN8O3. The minimum absolute atomic E-state index is 0.121. The molecule has 0 aliphatic carbocycles. The summed E-state index contributed by atoms with van der Waals surface area (Å²) < 4.78 is 15.9. The molecule has 0 bridgehead atoms. The highest BCUT2D eigenvalue weighted by Crippen LogP contribution is 2.28. The second-order valence-electron chi connectivity index (χ2n) is 9.61. The molecule has 0 aliphatic heterocycles. The Kier molecular flexibility index (Phi) is 7.55. The van der Waals surface area contributed by atoms with Crippen LogP contribution in [0.15, 0.2) is 55.0 Å². The van der Waals surface area contributed by atoms with Crippen LogP contribution in [0, 0.1) is 11.3 Å². The van der Waals surface area contributed by atoms with Gasteiger partial charge >= 0.3 is 0 Å². The van der Waals surface area contributed by atoms with Gasteiger partial charge in [0.1, 0.15) is 17.9 Å². The first-order valence-electron chi connectivity index (χ1n) is 12.0. The van der Waals surface area contributed by atoms with Crippen molar-refractivity contribution in [3.63, 3.8) is 0 Å².